The van der Waals surface area contributed by atoms with Crippen molar-refractivity contribution in [3.05, 3.63) is 79.2 Å². The fourth-order valence-corrected chi connectivity index (χ4v) is 11.0. The number of benzene rings is 2. The molecule has 0 bridgehead atoms. The molecule has 276 valence electrons. The fraction of sp³-hybridized carbons (Fsp3) is 0.463. The summed E-state index contributed by atoms with van der Waals surface area (Å²) in [4.78, 5) is 43.9. The number of allylic oxidation sites excluding steroid dienone is 1. The van der Waals surface area contributed by atoms with Crippen molar-refractivity contribution in [1.29, 1.82) is 0 Å². The highest BCUT2D eigenvalue weighted by Crippen LogP contribution is 2.52. The summed E-state index contributed by atoms with van der Waals surface area (Å²) in [6, 6.07) is 16.3. The van der Waals surface area contributed by atoms with E-state index in [1.165, 1.54) is 108 Å². The minimum Gasteiger partial charge on any atom is -0.480 e. The van der Waals surface area contributed by atoms with Gasteiger partial charge in [0.05, 0.1) is 4.53 Å². The third kappa shape index (κ3) is 8.80. The van der Waals surface area contributed by atoms with Crippen LogP contribution in [0.25, 0.3) is 17.1 Å². The molecular formula is C41H49N3O4S4. The number of hydrogen-bond donors (Lipinski definition) is 1. The highest BCUT2D eigenvalue weighted by Gasteiger charge is 2.42. The number of nitrogens with zero attached hydrogens (tertiary/aromatic N) is 3. The number of aromatic nitrogens is 1. The zero-order valence-electron chi connectivity index (χ0n) is 30.2. The Morgan fingerprint density at radius 1 is 0.981 bits per heavy atom. The quantitative estimate of drug-likeness (QED) is 0.0828. The van der Waals surface area contributed by atoms with Crippen LogP contribution < -0.4 is 19.7 Å². The van der Waals surface area contributed by atoms with E-state index in [0.717, 1.165) is 35.1 Å². The van der Waals surface area contributed by atoms with Crippen LogP contribution >= 0.6 is 47.1 Å². The van der Waals surface area contributed by atoms with Gasteiger partial charge in [0.1, 0.15) is 20.4 Å². The second kappa shape index (κ2) is 18.3. The fourth-order valence-electron chi connectivity index (χ4n) is 7.61. The van der Waals surface area contributed by atoms with Gasteiger partial charge in [-0.1, -0.05) is 107 Å². The molecule has 3 aliphatic rings. The summed E-state index contributed by atoms with van der Waals surface area (Å²) >= 11 is 9.65. The number of rotatable bonds is 17. The van der Waals surface area contributed by atoms with Crippen LogP contribution in [0.5, 0.6) is 0 Å². The molecule has 3 heterocycles. The lowest BCUT2D eigenvalue weighted by Gasteiger charge is -2.27. The molecule has 1 saturated heterocycles. The molecule has 2 unspecified atom stereocenters. The van der Waals surface area contributed by atoms with Crippen LogP contribution in [-0.2, 0) is 16.1 Å². The monoisotopic (exact) mass is 775 g/mol. The van der Waals surface area contributed by atoms with Crippen molar-refractivity contribution in [2.24, 2.45) is 0 Å². The predicted octanol–water partition coefficient (Wildman–Crippen LogP) is 8.89. The molecule has 2 aromatic carbocycles. The maximum Gasteiger partial charge on any atom is 0.323 e. The Morgan fingerprint density at radius 3 is 2.46 bits per heavy atom. The van der Waals surface area contributed by atoms with Crippen LogP contribution in [0, 0.1) is 0 Å². The van der Waals surface area contributed by atoms with Crippen LogP contribution in [0.1, 0.15) is 108 Å². The van der Waals surface area contributed by atoms with Gasteiger partial charge in [0.15, 0.2) is 0 Å². The lowest BCUT2D eigenvalue weighted by Crippen LogP contribution is -2.35. The van der Waals surface area contributed by atoms with Crippen molar-refractivity contribution in [3.8, 4) is 0 Å². The van der Waals surface area contributed by atoms with Crippen molar-refractivity contribution in [1.82, 2.24) is 9.47 Å². The summed E-state index contributed by atoms with van der Waals surface area (Å²) in [5.74, 6) is 0.244. The zero-order chi connectivity index (χ0) is 36.6. The molecule has 1 aromatic heterocycles. The maximum absolute atomic E-state index is 13.4. The summed E-state index contributed by atoms with van der Waals surface area (Å²) in [5, 5.41) is 9.55. The molecular weight excluding hydrogens is 727 g/mol. The molecule has 52 heavy (non-hydrogen) atoms. The number of carboxylic acid groups (broad SMARTS) is 1. The van der Waals surface area contributed by atoms with Gasteiger partial charge < -0.3 is 10.0 Å². The Morgan fingerprint density at radius 2 is 1.73 bits per heavy atom. The van der Waals surface area contributed by atoms with E-state index in [-0.39, 0.29) is 5.91 Å². The van der Waals surface area contributed by atoms with E-state index in [4.69, 9.17) is 12.2 Å². The maximum atomic E-state index is 13.4. The van der Waals surface area contributed by atoms with Crippen LogP contribution in [0.3, 0.4) is 0 Å². The van der Waals surface area contributed by atoms with Crippen molar-refractivity contribution in [3.63, 3.8) is 0 Å². The van der Waals surface area contributed by atoms with E-state index in [2.05, 4.69) is 54.3 Å². The number of thiocarbonyl (C=S) groups is 1. The third-order valence-electron chi connectivity index (χ3n) is 10.1. The Kier molecular flexibility index (Phi) is 13.6. The number of carboxylic acids is 1. The van der Waals surface area contributed by atoms with E-state index in [1.807, 2.05) is 30.8 Å². The zero-order valence-corrected chi connectivity index (χ0v) is 33.4. The summed E-state index contributed by atoms with van der Waals surface area (Å²) in [6.45, 7) is 4.19. The molecule has 11 heteroatoms. The summed E-state index contributed by atoms with van der Waals surface area (Å²) in [6.07, 6.45) is 20.7. The summed E-state index contributed by atoms with van der Waals surface area (Å²) in [7, 11) is 0. The second-order valence-electron chi connectivity index (χ2n) is 13.8. The number of carbonyl (C=O) groups is 2. The van der Waals surface area contributed by atoms with E-state index < -0.39 is 18.1 Å². The van der Waals surface area contributed by atoms with Crippen molar-refractivity contribution in [2.75, 3.05) is 17.2 Å². The van der Waals surface area contributed by atoms with Crippen LogP contribution in [0.2, 0.25) is 0 Å². The molecule has 7 nitrogen and oxygen atoms in total. The van der Waals surface area contributed by atoms with Gasteiger partial charge in [-0.05, 0) is 85.0 Å². The number of thioether (sulfide) groups is 2. The van der Waals surface area contributed by atoms with Crippen LogP contribution in [0.15, 0.2) is 58.2 Å². The Hall–Kier alpha value is -3.12. The number of amides is 1. The molecule has 1 saturated carbocycles. The topological polar surface area (TPSA) is 82.8 Å². The van der Waals surface area contributed by atoms with Gasteiger partial charge in [-0.25, -0.2) is 0 Å². The normalized spacial score (nSPS) is 19.8. The molecule has 2 fully saturated rings. The number of aliphatic carboxylic acids is 1. The minimum atomic E-state index is -1.14. The Labute approximate surface area is 324 Å². The summed E-state index contributed by atoms with van der Waals surface area (Å²) in [5.41, 5.74) is 4.53. The van der Waals surface area contributed by atoms with Gasteiger partial charge in [0.25, 0.3) is 11.5 Å². The number of unbranched alkanes of at least 4 members (excludes halogenated alkanes) is 7. The van der Waals surface area contributed by atoms with E-state index in [1.54, 1.807) is 6.08 Å². The second-order valence-corrected chi connectivity index (χ2v) is 17.7. The number of fused-ring (bicyclic) bond motifs is 3. The molecule has 0 radical (unpaired) electrons. The molecule has 0 spiro atoms. The smallest absolute Gasteiger partial charge is 0.323 e. The largest absolute Gasteiger partial charge is 0.480 e. The highest BCUT2D eigenvalue weighted by molar-refractivity contribution is 8.30. The molecule has 3 aromatic rings. The van der Waals surface area contributed by atoms with Gasteiger partial charge in [-0.2, -0.15) is 0 Å². The number of hydrogen-bond acceptors (Lipinski definition) is 8. The van der Waals surface area contributed by atoms with E-state index >= 15 is 0 Å². The minimum absolute atomic E-state index is 0.277. The molecule has 1 aliphatic carbocycles. The first-order chi connectivity index (χ1) is 25.3. The lowest BCUT2D eigenvalue weighted by atomic mass is 9.96. The molecule has 2 atom stereocenters. The van der Waals surface area contributed by atoms with Crippen LogP contribution in [0.4, 0.5) is 11.4 Å². The molecule has 6 rings (SSSR count). The summed E-state index contributed by atoms with van der Waals surface area (Å²) < 4.78 is 2.31. The van der Waals surface area contributed by atoms with E-state index in [0.29, 0.717) is 36.9 Å². The van der Waals surface area contributed by atoms with Crippen molar-refractivity contribution < 1.29 is 14.7 Å². The van der Waals surface area contributed by atoms with Gasteiger partial charge in [0, 0.05) is 34.8 Å². The third-order valence-corrected chi connectivity index (χ3v) is 13.9. The average molecular weight is 776 g/mol. The van der Waals surface area contributed by atoms with Crippen LogP contribution in [-0.4, -0.2) is 49.1 Å². The van der Waals surface area contributed by atoms with E-state index in [9.17, 15) is 19.5 Å². The predicted molar refractivity (Wildman–Crippen MR) is 223 cm³/mol. The number of carbonyl (C=O) groups excluding carboxylic acids is 1. The highest BCUT2D eigenvalue weighted by atomic mass is 32.2. The average Bonchev–Trinajstić information content (AvgIpc) is 3.88. The Bertz CT molecular complexity index is 1980. The number of thiazole rings is 1. The van der Waals surface area contributed by atoms with Gasteiger partial charge in [0.2, 0.25) is 0 Å². The Balaban J connectivity index is 1.16. The lowest BCUT2D eigenvalue weighted by molar-refractivity contribution is -0.137. The first-order valence-corrected chi connectivity index (χ1v) is 21.9. The molecule has 1 N–H and O–H groups in total. The first-order valence-electron chi connectivity index (χ1n) is 18.8. The first kappa shape index (κ1) is 38.6. The molecule has 1 amide bonds. The van der Waals surface area contributed by atoms with Gasteiger partial charge >= 0.3 is 5.97 Å². The number of anilines is 2. The SMILES string of the molecule is CCCCCCCCCCSc1ccc(N2c3ccc(C=CC=c4s/c(=C5/SC(=S)N(CCC)C5=O)n(CC(=O)O)c4=O)cc3C3CCCC32)cc1. The van der Waals surface area contributed by atoms with Gasteiger partial charge in [-0.3, -0.25) is 23.9 Å². The van der Waals surface area contributed by atoms with Gasteiger partial charge in [-0.15, -0.1) is 23.1 Å². The van der Waals surface area contributed by atoms with Crippen molar-refractivity contribution in [2.45, 2.75) is 114 Å². The van der Waals surface area contributed by atoms with Crippen molar-refractivity contribution >= 4 is 91.7 Å². The molecule has 2 aliphatic heterocycles. The standard InChI is InChI=1S/C41H49N3O4S4/c1-3-5-6-7-8-9-10-11-25-50-30-21-19-29(20-22-30)44-33-16-13-15-31(33)32-26-28(18-23-34(32)44)14-12-17-35-38(47)43(27-36(45)46)40(51-35)37-39(48)42(24-4-2)41(49)52-37/h12,14,17-23,26,31,33H,3-11,13,15-16,24-25,27H2,1-2H3,(H,45,46)/b14-12?,35-17?,40-37+.